The highest BCUT2D eigenvalue weighted by Crippen LogP contribution is 2.16. The van der Waals surface area contributed by atoms with E-state index in [1.807, 2.05) is 13.8 Å². The minimum Gasteiger partial charge on any atom is -0.361 e. The summed E-state index contributed by atoms with van der Waals surface area (Å²) in [7, 11) is 1.77. The van der Waals surface area contributed by atoms with E-state index in [0.717, 1.165) is 48.9 Å². The Hall–Kier alpha value is -2.35. The number of rotatable bonds is 7. The van der Waals surface area contributed by atoms with Crippen LogP contribution in [0.4, 0.5) is 4.79 Å². The maximum atomic E-state index is 12.4. The van der Waals surface area contributed by atoms with E-state index >= 15 is 0 Å². The van der Waals surface area contributed by atoms with Crippen molar-refractivity contribution in [2.45, 2.75) is 59.8 Å². The second-order valence-corrected chi connectivity index (χ2v) is 7.30. The van der Waals surface area contributed by atoms with E-state index < -0.39 is 0 Å². The fraction of sp³-hybridized carbons (Fsp3) is 0.632. The zero-order valence-corrected chi connectivity index (χ0v) is 16.8. The molecule has 148 valence electrons. The Bertz CT molecular complexity index is 762. The summed E-state index contributed by atoms with van der Waals surface area (Å²) < 4.78 is 7.23. The summed E-state index contributed by atoms with van der Waals surface area (Å²) in [5, 5.41) is 11.5. The third-order valence-corrected chi connectivity index (χ3v) is 5.10. The molecule has 0 spiro atoms. The first-order chi connectivity index (χ1) is 13.0. The highest BCUT2D eigenvalue weighted by atomic mass is 16.5. The van der Waals surface area contributed by atoms with Crippen LogP contribution in [0.1, 0.15) is 48.2 Å². The van der Waals surface area contributed by atoms with Gasteiger partial charge >= 0.3 is 6.03 Å². The molecule has 27 heavy (non-hydrogen) atoms. The number of aryl methyl sites for hydroxylation is 2. The van der Waals surface area contributed by atoms with Gasteiger partial charge in [0.05, 0.1) is 36.7 Å². The molecule has 2 aromatic rings. The zero-order valence-electron chi connectivity index (χ0n) is 16.8. The molecule has 0 atom stereocenters. The first-order valence-electron chi connectivity index (χ1n) is 9.66. The molecular weight excluding hydrogens is 344 g/mol. The van der Waals surface area contributed by atoms with Gasteiger partial charge in [-0.05, 0) is 32.9 Å². The molecule has 0 aromatic carbocycles. The predicted molar refractivity (Wildman–Crippen MR) is 102 cm³/mol. The monoisotopic (exact) mass is 374 g/mol. The number of nitrogens with zero attached hydrogens (tertiary/aromatic N) is 5. The van der Waals surface area contributed by atoms with Crippen LogP contribution < -0.4 is 5.32 Å². The summed E-state index contributed by atoms with van der Waals surface area (Å²) in [6, 6.07) is 1.97. The lowest BCUT2D eigenvalue weighted by atomic mass is 10.2. The molecule has 0 saturated heterocycles. The topological polar surface area (TPSA) is 79.4 Å². The number of hydrogen-bond acceptors (Lipinski definition) is 5. The number of fused-ring (bicyclic) bond motifs is 1. The lowest BCUT2D eigenvalue weighted by Crippen LogP contribution is -2.36. The highest BCUT2D eigenvalue weighted by molar-refractivity contribution is 5.73. The maximum Gasteiger partial charge on any atom is 0.317 e. The Kier molecular flexibility index (Phi) is 6.15. The third-order valence-electron chi connectivity index (χ3n) is 5.10. The van der Waals surface area contributed by atoms with Crippen LogP contribution in [0.25, 0.3) is 0 Å². The van der Waals surface area contributed by atoms with Crippen molar-refractivity contribution in [3.8, 4) is 0 Å². The maximum absolute atomic E-state index is 12.4. The Labute approximate surface area is 160 Å². The van der Waals surface area contributed by atoms with Gasteiger partial charge in [-0.2, -0.15) is 5.10 Å². The van der Waals surface area contributed by atoms with E-state index in [9.17, 15) is 4.79 Å². The van der Waals surface area contributed by atoms with E-state index in [1.54, 1.807) is 11.9 Å². The second kappa shape index (κ2) is 8.56. The van der Waals surface area contributed by atoms with E-state index in [0.29, 0.717) is 13.1 Å². The molecule has 8 nitrogen and oxygen atoms in total. The van der Waals surface area contributed by atoms with Gasteiger partial charge in [0.2, 0.25) is 0 Å². The fourth-order valence-electron chi connectivity index (χ4n) is 3.38. The van der Waals surface area contributed by atoms with Gasteiger partial charge in [0.25, 0.3) is 0 Å². The van der Waals surface area contributed by atoms with Gasteiger partial charge in [0.15, 0.2) is 0 Å². The van der Waals surface area contributed by atoms with Crippen LogP contribution in [0.15, 0.2) is 10.6 Å². The normalized spacial score (nSPS) is 14.2. The van der Waals surface area contributed by atoms with Crippen molar-refractivity contribution in [3.05, 3.63) is 34.5 Å². The molecule has 2 amide bonds. The minimum atomic E-state index is -0.134. The molecule has 1 aliphatic rings. The predicted octanol–water partition coefficient (Wildman–Crippen LogP) is 2.45. The molecule has 0 fully saturated rings. The van der Waals surface area contributed by atoms with Gasteiger partial charge < -0.3 is 14.7 Å². The van der Waals surface area contributed by atoms with E-state index in [4.69, 9.17) is 4.52 Å². The Balaban J connectivity index is 1.52. The molecular formula is C19H30N6O2. The van der Waals surface area contributed by atoms with Crippen molar-refractivity contribution in [2.75, 3.05) is 20.1 Å². The van der Waals surface area contributed by atoms with Crippen molar-refractivity contribution in [3.63, 3.8) is 0 Å². The van der Waals surface area contributed by atoms with Crippen molar-refractivity contribution in [1.82, 2.24) is 30.1 Å². The van der Waals surface area contributed by atoms with Crippen LogP contribution in [0.3, 0.4) is 0 Å². The van der Waals surface area contributed by atoms with E-state index in [1.165, 1.54) is 18.5 Å². The molecule has 3 heterocycles. The van der Waals surface area contributed by atoms with Crippen LogP contribution in [0.5, 0.6) is 0 Å². The summed E-state index contributed by atoms with van der Waals surface area (Å²) >= 11 is 0. The number of urea groups is 1. The zero-order chi connectivity index (χ0) is 19.4. The number of carbonyl (C=O) groups is 1. The van der Waals surface area contributed by atoms with Crippen LogP contribution in [0, 0.1) is 13.8 Å². The molecule has 1 N–H and O–H groups in total. The third kappa shape index (κ3) is 4.68. The van der Waals surface area contributed by atoms with Crippen molar-refractivity contribution in [2.24, 2.45) is 0 Å². The Morgan fingerprint density at radius 1 is 1.37 bits per heavy atom. The largest absolute Gasteiger partial charge is 0.361 e. The van der Waals surface area contributed by atoms with Gasteiger partial charge in [-0.25, -0.2) is 4.79 Å². The summed E-state index contributed by atoms with van der Waals surface area (Å²) in [4.78, 5) is 16.5. The molecule has 0 saturated carbocycles. The van der Waals surface area contributed by atoms with Gasteiger partial charge in [-0.1, -0.05) is 18.5 Å². The highest BCUT2D eigenvalue weighted by Gasteiger charge is 2.19. The SMILES string of the molecule is CCCCN1CCn2nc(CNC(=O)N(C)Cc3c(C)noc3C)cc2C1. The number of unbranched alkanes of at least 4 members (excludes halogenated alkanes) is 1. The number of hydrogen-bond donors (Lipinski definition) is 1. The average Bonchev–Trinajstić information content (AvgIpc) is 3.21. The van der Waals surface area contributed by atoms with Crippen LogP contribution >= 0.6 is 0 Å². The average molecular weight is 374 g/mol. The number of aromatic nitrogens is 3. The van der Waals surface area contributed by atoms with Crippen LogP contribution in [-0.4, -0.2) is 50.9 Å². The molecule has 0 bridgehead atoms. The molecule has 0 aliphatic carbocycles. The summed E-state index contributed by atoms with van der Waals surface area (Å²) in [6.07, 6.45) is 2.45. The quantitative estimate of drug-likeness (QED) is 0.805. The summed E-state index contributed by atoms with van der Waals surface area (Å²) in [5.74, 6) is 0.751. The number of nitrogens with one attached hydrogen (secondary N) is 1. The molecule has 0 radical (unpaired) electrons. The summed E-state index contributed by atoms with van der Waals surface area (Å²) in [6.45, 7) is 10.9. The van der Waals surface area contributed by atoms with Crippen LogP contribution in [0.2, 0.25) is 0 Å². The smallest absolute Gasteiger partial charge is 0.317 e. The molecule has 8 heteroatoms. The van der Waals surface area contributed by atoms with Crippen molar-refractivity contribution >= 4 is 6.03 Å². The van der Waals surface area contributed by atoms with E-state index in [-0.39, 0.29) is 6.03 Å². The molecule has 2 aromatic heterocycles. The van der Waals surface area contributed by atoms with Crippen LogP contribution in [-0.2, 0) is 26.2 Å². The lowest BCUT2D eigenvalue weighted by Gasteiger charge is -2.27. The molecule has 3 rings (SSSR count). The first kappa shape index (κ1) is 19.4. The Morgan fingerprint density at radius 3 is 2.89 bits per heavy atom. The second-order valence-electron chi connectivity index (χ2n) is 7.30. The molecule has 1 aliphatic heterocycles. The van der Waals surface area contributed by atoms with Gasteiger partial charge in [0, 0.05) is 25.7 Å². The standard InChI is InChI=1S/C19H30N6O2/c1-5-6-7-24-8-9-25-17(12-24)10-16(21-25)11-20-19(26)23(4)13-18-14(2)22-27-15(18)3/h10H,5-9,11-13H2,1-4H3,(H,20,26). The number of carbonyl (C=O) groups excluding carboxylic acids is 1. The lowest BCUT2D eigenvalue weighted by molar-refractivity contribution is 0.205. The fourth-order valence-corrected chi connectivity index (χ4v) is 3.38. The van der Waals surface area contributed by atoms with Gasteiger partial charge in [-0.15, -0.1) is 0 Å². The van der Waals surface area contributed by atoms with E-state index in [2.05, 4.69) is 38.1 Å². The van der Waals surface area contributed by atoms with Gasteiger partial charge in [-0.3, -0.25) is 9.58 Å². The Morgan fingerprint density at radius 2 is 2.19 bits per heavy atom. The first-order valence-corrected chi connectivity index (χ1v) is 9.66. The van der Waals surface area contributed by atoms with Crippen molar-refractivity contribution < 1.29 is 9.32 Å². The minimum absolute atomic E-state index is 0.134. The number of amides is 2. The summed E-state index contributed by atoms with van der Waals surface area (Å²) in [5.41, 5.74) is 3.91. The van der Waals surface area contributed by atoms with Crippen molar-refractivity contribution in [1.29, 1.82) is 0 Å². The van der Waals surface area contributed by atoms with Gasteiger partial charge in [0.1, 0.15) is 5.76 Å². The molecule has 0 unspecified atom stereocenters.